The van der Waals surface area contributed by atoms with Gasteiger partial charge in [0.15, 0.2) is 0 Å². The fourth-order valence-corrected chi connectivity index (χ4v) is 1.21. The van der Waals surface area contributed by atoms with Crippen LogP contribution in [0.1, 0.15) is 19.5 Å². The number of pyridine rings is 1. The van der Waals surface area contributed by atoms with E-state index in [0.717, 1.165) is 10.2 Å². The summed E-state index contributed by atoms with van der Waals surface area (Å²) in [5.74, 6) is 0.427. The molecule has 0 aliphatic rings. The van der Waals surface area contributed by atoms with Crippen LogP contribution in [-0.2, 0) is 4.79 Å². The van der Waals surface area contributed by atoms with Gasteiger partial charge in [0.05, 0.1) is 11.1 Å². The van der Waals surface area contributed by atoms with Crippen LogP contribution in [0.3, 0.4) is 0 Å². The predicted molar refractivity (Wildman–Crippen MR) is 68.1 cm³/mol. The molecule has 0 aliphatic carbocycles. The highest BCUT2D eigenvalue weighted by Crippen LogP contribution is 2.19. The van der Waals surface area contributed by atoms with Gasteiger partial charge in [-0.05, 0) is 48.8 Å². The quantitative estimate of drug-likeness (QED) is 0.893. The Morgan fingerprint density at radius 2 is 2.19 bits per heavy atom. The van der Waals surface area contributed by atoms with Crippen LogP contribution < -0.4 is 11.1 Å². The summed E-state index contributed by atoms with van der Waals surface area (Å²) in [6.07, 6.45) is 0. The maximum absolute atomic E-state index is 11.8. The fourth-order valence-electron chi connectivity index (χ4n) is 0.992. The van der Waals surface area contributed by atoms with Gasteiger partial charge in [-0.15, -0.1) is 0 Å². The van der Waals surface area contributed by atoms with Crippen molar-refractivity contribution in [1.29, 1.82) is 0 Å². The number of rotatable bonds is 3. The number of nitrogens with zero attached hydrogens (tertiary/aromatic N) is 1. The number of carbonyl (C=O) groups is 1. The summed E-state index contributed by atoms with van der Waals surface area (Å²) >= 11 is 3.35. The van der Waals surface area contributed by atoms with Crippen molar-refractivity contribution in [3.63, 3.8) is 0 Å². The van der Waals surface area contributed by atoms with E-state index in [9.17, 15) is 4.79 Å². The highest BCUT2D eigenvalue weighted by Gasteiger charge is 2.26. The number of carbonyl (C=O) groups excluding carboxylic acids is 1. The van der Waals surface area contributed by atoms with Gasteiger partial charge < -0.3 is 11.1 Å². The standard InChI is InChI=1S/C11H16BrN3O/c1-7-8(12)4-5-9(14-7)15-10(16)11(2,3)6-13/h4-5H,6,13H2,1-3H3,(H,14,15,16). The van der Waals surface area contributed by atoms with Gasteiger partial charge in [-0.1, -0.05) is 0 Å². The Hall–Kier alpha value is -0.940. The Labute approximate surface area is 104 Å². The van der Waals surface area contributed by atoms with E-state index in [1.165, 1.54) is 0 Å². The first kappa shape index (κ1) is 13.1. The average Bonchev–Trinajstić information content (AvgIpc) is 2.23. The minimum absolute atomic E-state index is 0.121. The Morgan fingerprint density at radius 3 is 2.69 bits per heavy atom. The second kappa shape index (κ2) is 4.93. The number of halogens is 1. The summed E-state index contributed by atoms with van der Waals surface area (Å²) in [6, 6.07) is 3.61. The van der Waals surface area contributed by atoms with Crippen molar-refractivity contribution < 1.29 is 4.79 Å². The molecule has 0 fully saturated rings. The number of amides is 1. The third-order valence-electron chi connectivity index (χ3n) is 2.39. The van der Waals surface area contributed by atoms with Crippen molar-refractivity contribution in [2.75, 3.05) is 11.9 Å². The maximum Gasteiger partial charge on any atom is 0.232 e. The first-order chi connectivity index (χ1) is 7.36. The molecule has 88 valence electrons. The third kappa shape index (κ3) is 3.02. The number of aryl methyl sites for hydroxylation is 1. The largest absolute Gasteiger partial charge is 0.329 e. The molecule has 0 aromatic carbocycles. The third-order valence-corrected chi connectivity index (χ3v) is 3.23. The van der Waals surface area contributed by atoms with Crippen LogP contribution in [0, 0.1) is 12.3 Å². The lowest BCUT2D eigenvalue weighted by atomic mass is 9.93. The molecule has 3 N–H and O–H groups in total. The molecule has 1 aromatic rings. The van der Waals surface area contributed by atoms with Crippen LogP contribution in [0.25, 0.3) is 0 Å². The van der Waals surface area contributed by atoms with E-state index in [-0.39, 0.29) is 5.91 Å². The molecule has 0 atom stereocenters. The normalized spacial score (nSPS) is 11.3. The number of hydrogen-bond donors (Lipinski definition) is 2. The van der Waals surface area contributed by atoms with Gasteiger partial charge >= 0.3 is 0 Å². The molecule has 0 aliphatic heterocycles. The Balaban J connectivity index is 2.82. The zero-order valence-corrected chi connectivity index (χ0v) is 11.3. The highest BCUT2D eigenvalue weighted by molar-refractivity contribution is 9.10. The molecule has 16 heavy (non-hydrogen) atoms. The fraction of sp³-hybridized carbons (Fsp3) is 0.455. The molecule has 0 radical (unpaired) electrons. The number of nitrogens with one attached hydrogen (secondary N) is 1. The molecule has 1 aromatic heterocycles. The minimum atomic E-state index is -0.581. The molecule has 1 rings (SSSR count). The first-order valence-electron chi connectivity index (χ1n) is 5.01. The zero-order chi connectivity index (χ0) is 12.3. The summed E-state index contributed by atoms with van der Waals surface area (Å²) in [4.78, 5) is 16.1. The summed E-state index contributed by atoms with van der Waals surface area (Å²) in [5, 5.41) is 2.75. The number of aromatic nitrogens is 1. The molecular formula is C11H16BrN3O. The topological polar surface area (TPSA) is 68.0 Å². The van der Waals surface area contributed by atoms with E-state index in [1.807, 2.05) is 13.0 Å². The van der Waals surface area contributed by atoms with Gasteiger partial charge in [-0.2, -0.15) is 0 Å². The minimum Gasteiger partial charge on any atom is -0.329 e. The molecule has 5 heteroatoms. The van der Waals surface area contributed by atoms with Crippen molar-refractivity contribution in [2.45, 2.75) is 20.8 Å². The summed E-state index contributed by atoms with van der Waals surface area (Å²) < 4.78 is 0.920. The van der Waals surface area contributed by atoms with Gasteiger partial charge in [0.2, 0.25) is 5.91 Å². The van der Waals surface area contributed by atoms with Crippen LogP contribution in [0.15, 0.2) is 16.6 Å². The van der Waals surface area contributed by atoms with Crippen LogP contribution >= 0.6 is 15.9 Å². The lowest BCUT2D eigenvalue weighted by Crippen LogP contribution is -2.37. The van der Waals surface area contributed by atoms with Crippen molar-refractivity contribution in [2.24, 2.45) is 11.1 Å². The SMILES string of the molecule is Cc1nc(NC(=O)C(C)(C)CN)ccc1Br. The highest BCUT2D eigenvalue weighted by atomic mass is 79.9. The van der Waals surface area contributed by atoms with Crippen LogP contribution in [0.4, 0.5) is 5.82 Å². The zero-order valence-electron chi connectivity index (χ0n) is 9.67. The summed E-state index contributed by atoms with van der Waals surface area (Å²) in [7, 11) is 0. The van der Waals surface area contributed by atoms with Gasteiger partial charge in [0.25, 0.3) is 0 Å². The van der Waals surface area contributed by atoms with Crippen molar-refractivity contribution in [3.05, 3.63) is 22.3 Å². The molecule has 0 saturated heterocycles. The van der Waals surface area contributed by atoms with Gasteiger partial charge in [0.1, 0.15) is 5.82 Å². The van der Waals surface area contributed by atoms with Crippen molar-refractivity contribution >= 4 is 27.7 Å². The first-order valence-corrected chi connectivity index (χ1v) is 5.81. The van der Waals surface area contributed by atoms with Crippen molar-refractivity contribution in [1.82, 2.24) is 4.98 Å². The van der Waals surface area contributed by atoms with E-state index in [4.69, 9.17) is 5.73 Å². The second-order valence-corrected chi connectivity index (χ2v) is 5.16. The molecule has 0 bridgehead atoms. The van der Waals surface area contributed by atoms with E-state index in [2.05, 4.69) is 26.2 Å². The molecule has 1 amide bonds. The molecule has 0 saturated carbocycles. The van der Waals surface area contributed by atoms with E-state index in [1.54, 1.807) is 19.9 Å². The molecule has 4 nitrogen and oxygen atoms in total. The lowest BCUT2D eigenvalue weighted by molar-refractivity contribution is -0.123. The number of anilines is 1. The Morgan fingerprint density at radius 1 is 1.56 bits per heavy atom. The summed E-state index contributed by atoms with van der Waals surface area (Å²) in [5.41, 5.74) is 5.78. The molecular weight excluding hydrogens is 270 g/mol. The van der Waals surface area contributed by atoms with Crippen LogP contribution in [0.5, 0.6) is 0 Å². The Kier molecular flexibility index (Phi) is 4.04. The number of nitrogens with two attached hydrogens (primary N) is 1. The lowest BCUT2D eigenvalue weighted by Gasteiger charge is -2.20. The Bertz CT molecular complexity index is 404. The van der Waals surface area contributed by atoms with E-state index >= 15 is 0 Å². The monoisotopic (exact) mass is 285 g/mol. The molecule has 0 spiro atoms. The smallest absolute Gasteiger partial charge is 0.232 e. The predicted octanol–water partition coefficient (Wildman–Crippen LogP) is 2.08. The molecule has 0 unspecified atom stereocenters. The second-order valence-electron chi connectivity index (χ2n) is 4.31. The van der Waals surface area contributed by atoms with E-state index in [0.29, 0.717) is 12.4 Å². The van der Waals surface area contributed by atoms with Gasteiger partial charge in [0, 0.05) is 11.0 Å². The van der Waals surface area contributed by atoms with Crippen LogP contribution in [-0.4, -0.2) is 17.4 Å². The van der Waals surface area contributed by atoms with Crippen molar-refractivity contribution in [3.8, 4) is 0 Å². The van der Waals surface area contributed by atoms with Crippen LogP contribution in [0.2, 0.25) is 0 Å². The van der Waals surface area contributed by atoms with Gasteiger partial charge in [-0.25, -0.2) is 4.98 Å². The average molecular weight is 286 g/mol. The van der Waals surface area contributed by atoms with Gasteiger partial charge in [-0.3, -0.25) is 4.79 Å². The van der Waals surface area contributed by atoms with E-state index < -0.39 is 5.41 Å². The summed E-state index contributed by atoms with van der Waals surface area (Å²) in [6.45, 7) is 5.77. The maximum atomic E-state index is 11.8. The molecule has 1 heterocycles. The number of hydrogen-bond acceptors (Lipinski definition) is 3.